The number of anilines is 1. The molecule has 0 spiro atoms. The number of benzene rings is 1. The number of carboxylic acids is 1. The van der Waals surface area contributed by atoms with E-state index in [4.69, 9.17) is 28.3 Å². The van der Waals surface area contributed by atoms with E-state index in [0.29, 0.717) is 4.68 Å². The molecule has 2 N–H and O–H groups in total. The highest BCUT2D eigenvalue weighted by Gasteiger charge is 2.26. The maximum atomic E-state index is 12.9. The molecule has 25 heavy (non-hydrogen) atoms. The Morgan fingerprint density at radius 1 is 1.32 bits per heavy atom. The maximum absolute atomic E-state index is 12.9. The molecule has 0 saturated heterocycles. The average molecular weight is 417 g/mol. The lowest BCUT2D eigenvalue weighted by Crippen LogP contribution is -2.26. The summed E-state index contributed by atoms with van der Waals surface area (Å²) in [5.41, 5.74) is -2.04. The van der Waals surface area contributed by atoms with Crippen molar-refractivity contribution in [3.63, 3.8) is 0 Å². The Morgan fingerprint density at radius 3 is 2.36 bits per heavy atom. The number of rotatable bonds is 5. The number of carboxylic acid groups (broad SMARTS) is 1. The summed E-state index contributed by atoms with van der Waals surface area (Å²) in [5, 5.41) is 11.8. The summed E-state index contributed by atoms with van der Waals surface area (Å²) in [7, 11) is -3.76. The smallest absolute Gasteiger partial charge is 0.374 e. The van der Waals surface area contributed by atoms with Gasteiger partial charge >= 0.3 is 18.2 Å². The van der Waals surface area contributed by atoms with Gasteiger partial charge in [-0.1, -0.05) is 23.2 Å². The first-order chi connectivity index (χ1) is 11.4. The van der Waals surface area contributed by atoms with Gasteiger partial charge in [0, 0.05) is 0 Å². The van der Waals surface area contributed by atoms with E-state index >= 15 is 0 Å². The number of sulfonamides is 1. The van der Waals surface area contributed by atoms with Crippen LogP contribution in [-0.2, 0) is 10.0 Å². The van der Waals surface area contributed by atoms with E-state index in [9.17, 15) is 26.8 Å². The highest BCUT2D eigenvalue weighted by Crippen LogP contribution is 2.31. The topological polar surface area (TPSA) is 123 Å². The molecular formula is C11H8Cl2F2N4O5S. The predicted octanol–water partition coefficient (Wildman–Crippen LogP) is 1.81. The molecule has 136 valence electrons. The molecule has 2 aromatic rings. The van der Waals surface area contributed by atoms with Gasteiger partial charge in [0.2, 0.25) is 15.8 Å². The lowest BCUT2D eigenvalue weighted by molar-refractivity contribution is 0.0497. The zero-order chi connectivity index (χ0) is 19.1. The molecule has 0 radical (unpaired) electrons. The quantitative estimate of drug-likeness (QED) is 0.765. The highest BCUT2D eigenvalue weighted by molar-refractivity contribution is 7.92. The number of aromatic carboxylic acids is 1. The second-order valence-electron chi connectivity index (χ2n) is 4.63. The number of hydrogen-bond donors (Lipinski definition) is 2. The molecule has 0 aliphatic rings. The SMILES string of the molecule is CS(=O)(=O)Nc1cc(-n2nc(C(=O)O)n(C(F)F)c2=O)c(Cl)cc1Cl. The molecule has 0 bridgehead atoms. The van der Waals surface area contributed by atoms with E-state index in [-0.39, 0.29) is 26.0 Å². The first-order valence-electron chi connectivity index (χ1n) is 6.12. The van der Waals surface area contributed by atoms with Crippen molar-refractivity contribution in [2.75, 3.05) is 11.0 Å². The van der Waals surface area contributed by atoms with Gasteiger partial charge in [0.1, 0.15) is 0 Å². The number of carbonyl (C=O) groups is 1. The predicted molar refractivity (Wildman–Crippen MR) is 84.5 cm³/mol. The van der Waals surface area contributed by atoms with E-state index in [1.165, 1.54) is 0 Å². The first kappa shape index (κ1) is 19.1. The van der Waals surface area contributed by atoms with Crippen molar-refractivity contribution < 1.29 is 27.1 Å². The summed E-state index contributed by atoms with van der Waals surface area (Å²) >= 11 is 11.7. The van der Waals surface area contributed by atoms with Gasteiger partial charge in [0.25, 0.3) is 0 Å². The third kappa shape index (κ3) is 3.91. The van der Waals surface area contributed by atoms with Crippen molar-refractivity contribution >= 4 is 44.9 Å². The van der Waals surface area contributed by atoms with Gasteiger partial charge in [0.15, 0.2) is 0 Å². The molecule has 1 aromatic heterocycles. The minimum atomic E-state index is -3.76. The van der Waals surface area contributed by atoms with Gasteiger partial charge in [0.05, 0.1) is 27.7 Å². The van der Waals surface area contributed by atoms with Crippen LogP contribution in [0.15, 0.2) is 16.9 Å². The summed E-state index contributed by atoms with van der Waals surface area (Å²) in [4.78, 5) is 23.1. The van der Waals surface area contributed by atoms with Gasteiger partial charge in [-0.25, -0.2) is 22.6 Å². The largest absolute Gasteiger partial charge is 0.475 e. The molecule has 1 aromatic carbocycles. The van der Waals surface area contributed by atoms with E-state index < -0.39 is 34.1 Å². The van der Waals surface area contributed by atoms with Gasteiger partial charge in [-0.15, -0.1) is 5.10 Å². The average Bonchev–Trinajstić information content (AvgIpc) is 2.78. The van der Waals surface area contributed by atoms with E-state index in [1.807, 2.05) is 4.72 Å². The zero-order valence-corrected chi connectivity index (χ0v) is 14.4. The van der Waals surface area contributed by atoms with Crippen molar-refractivity contribution in [2.45, 2.75) is 6.55 Å². The lowest BCUT2D eigenvalue weighted by Gasteiger charge is -2.10. The van der Waals surface area contributed by atoms with Crippen molar-refractivity contribution in [1.29, 1.82) is 0 Å². The van der Waals surface area contributed by atoms with Crippen LogP contribution in [0, 0.1) is 0 Å². The van der Waals surface area contributed by atoms with Crippen LogP contribution in [0.4, 0.5) is 14.5 Å². The van der Waals surface area contributed by atoms with Crippen LogP contribution in [0.25, 0.3) is 5.69 Å². The first-order valence-corrected chi connectivity index (χ1v) is 8.77. The number of alkyl halides is 2. The zero-order valence-electron chi connectivity index (χ0n) is 12.1. The summed E-state index contributed by atoms with van der Waals surface area (Å²) in [6.07, 6.45) is 0.831. The van der Waals surface area contributed by atoms with Gasteiger partial charge in [-0.3, -0.25) is 4.72 Å². The maximum Gasteiger partial charge on any atom is 0.374 e. The third-order valence-electron chi connectivity index (χ3n) is 2.76. The normalized spacial score (nSPS) is 11.8. The Morgan fingerprint density at radius 2 is 1.92 bits per heavy atom. The Kier molecular flexibility index (Phi) is 5.06. The number of halogens is 4. The van der Waals surface area contributed by atoms with Crippen molar-refractivity contribution in [3.05, 3.63) is 38.5 Å². The minimum Gasteiger partial charge on any atom is -0.475 e. The van der Waals surface area contributed by atoms with Crippen LogP contribution in [0.1, 0.15) is 17.2 Å². The Bertz CT molecular complexity index is 1020. The lowest BCUT2D eigenvalue weighted by atomic mass is 10.3. The van der Waals surface area contributed by atoms with E-state index in [2.05, 4.69) is 5.10 Å². The Labute approximate surface area is 148 Å². The standard InChI is InChI=1S/C11H8Cl2F2N4O5S/c1-25(23,24)17-6-3-7(5(13)2-4(6)12)19-11(22)18(10(14)15)8(16-19)9(20)21/h2-3,10,17H,1H3,(H,20,21). The van der Waals surface area contributed by atoms with Gasteiger partial charge in [-0.05, 0) is 12.1 Å². The molecule has 0 amide bonds. The molecule has 1 heterocycles. The fraction of sp³-hybridized carbons (Fsp3) is 0.182. The second-order valence-corrected chi connectivity index (χ2v) is 7.19. The number of hydrogen-bond acceptors (Lipinski definition) is 5. The van der Waals surface area contributed by atoms with Crippen molar-refractivity contribution in [1.82, 2.24) is 14.3 Å². The van der Waals surface area contributed by atoms with Crippen LogP contribution in [0.2, 0.25) is 10.0 Å². The highest BCUT2D eigenvalue weighted by atomic mass is 35.5. The summed E-state index contributed by atoms with van der Waals surface area (Å²) in [5.74, 6) is -3.08. The Hall–Kier alpha value is -2.18. The summed E-state index contributed by atoms with van der Waals surface area (Å²) < 4.78 is 50.5. The number of nitrogens with zero attached hydrogens (tertiary/aromatic N) is 3. The molecular weight excluding hydrogens is 409 g/mol. The molecule has 0 unspecified atom stereocenters. The second kappa shape index (κ2) is 6.61. The van der Waals surface area contributed by atoms with Crippen LogP contribution in [-0.4, -0.2) is 40.1 Å². The molecule has 0 aliphatic heterocycles. The molecule has 9 nitrogen and oxygen atoms in total. The van der Waals surface area contributed by atoms with Crippen LogP contribution >= 0.6 is 23.2 Å². The molecule has 0 aliphatic carbocycles. The fourth-order valence-corrected chi connectivity index (χ4v) is 2.97. The fourth-order valence-electron chi connectivity index (χ4n) is 1.83. The number of aromatic nitrogens is 3. The van der Waals surface area contributed by atoms with Gasteiger partial charge < -0.3 is 5.11 Å². The Balaban J connectivity index is 2.75. The third-order valence-corrected chi connectivity index (χ3v) is 3.96. The monoisotopic (exact) mass is 416 g/mol. The minimum absolute atomic E-state index is 0.140. The van der Waals surface area contributed by atoms with E-state index in [0.717, 1.165) is 18.4 Å². The van der Waals surface area contributed by atoms with Crippen LogP contribution in [0.5, 0.6) is 0 Å². The summed E-state index contributed by atoms with van der Waals surface area (Å²) in [6, 6.07) is 2.00. The molecule has 0 atom stereocenters. The number of nitrogens with one attached hydrogen (secondary N) is 1. The molecule has 0 saturated carbocycles. The molecule has 14 heteroatoms. The molecule has 0 fully saturated rings. The van der Waals surface area contributed by atoms with Crippen molar-refractivity contribution in [2.24, 2.45) is 0 Å². The molecule has 2 rings (SSSR count). The van der Waals surface area contributed by atoms with Gasteiger partial charge in [-0.2, -0.15) is 13.5 Å². The van der Waals surface area contributed by atoms with E-state index in [1.54, 1.807) is 0 Å². The summed E-state index contributed by atoms with van der Waals surface area (Å²) in [6.45, 7) is -3.47. The van der Waals surface area contributed by atoms with Crippen molar-refractivity contribution in [3.8, 4) is 5.69 Å². The van der Waals surface area contributed by atoms with Crippen LogP contribution < -0.4 is 10.4 Å². The van der Waals surface area contributed by atoms with Crippen LogP contribution in [0.3, 0.4) is 0 Å².